The van der Waals surface area contributed by atoms with Crippen molar-refractivity contribution in [2.45, 2.75) is 91.3 Å². The normalized spacial score (nSPS) is 23.5. The number of hydrogen-bond donors (Lipinski definition) is 1. The second kappa shape index (κ2) is 7.64. The summed E-state index contributed by atoms with van der Waals surface area (Å²) in [6.45, 7) is 12.9. The van der Waals surface area contributed by atoms with Crippen molar-refractivity contribution in [3.63, 3.8) is 0 Å². The van der Waals surface area contributed by atoms with E-state index in [0.29, 0.717) is 17.5 Å². The summed E-state index contributed by atoms with van der Waals surface area (Å²) in [5, 5.41) is 3.61. The predicted octanol–water partition coefficient (Wildman–Crippen LogP) is 4.05. The van der Waals surface area contributed by atoms with E-state index >= 15 is 0 Å². The molecule has 2 nitrogen and oxygen atoms in total. The van der Waals surface area contributed by atoms with Gasteiger partial charge in [0.1, 0.15) is 0 Å². The second-order valence-electron chi connectivity index (χ2n) is 7.50. The van der Waals surface area contributed by atoms with Gasteiger partial charge in [0, 0.05) is 18.1 Å². The molecular weight excluding hydrogens is 232 g/mol. The van der Waals surface area contributed by atoms with E-state index in [9.17, 15) is 0 Å². The average molecular weight is 268 g/mol. The van der Waals surface area contributed by atoms with Gasteiger partial charge in [-0.3, -0.25) is 0 Å². The van der Waals surface area contributed by atoms with Crippen LogP contribution in [0, 0.1) is 5.41 Å². The molecule has 0 spiro atoms. The number of nitrogens with one attached hydrogen (secondary N) is 1. The smallest absolute Gasteiger partial charge is 0.00954 e. The van der Waals surface area contributed by atoms with Crippen LogP contribution in [-0.4, -0.2) is 36.6 Å². The van der Waals surface area contributed by atoms with Crippen LogP contribution in [-0.2, 0) is 0 Å². The van der Waals surface area contributed by atoms with Crippen molar-refractivity contribution in [3.8, 4) is 0 Å². The molecule has 0 aromatic heterocycles. The lowest BCUT2D eigenvalue weighted by atomic mass is 9.75. The van der Waals surface area contributed by atoms with Crippen molar-refractivity contribution >= 4 is 0 Å². The van der Waals surface area contributed by atoms with Gasteiger partial charge in [-0.1, -0.05) is 20.8 Å². The van der Waals surface area contributed by atoms with Gasteiger partial charge < -0.3 is 10.2 Å². The summed E-state index contributed by atoms with van der Waals surface area (Å²) in [4.78, 5) is 2.64. The Hall–Kier alpha value is -0.0800. The van der Waals surface area contributed by atoms with Crippen molar-refractivity contribution in [2.24, 2.45) is 5.41 Å². The van der Waals surface area contributed by atoms with Gasteiger partial charge in [-0.25, -0.2) is 0 Å². The number of hydrogen-bond acceptors (Lipinski definition) is 2. The molecule has 2 heteroatoms. The van der Waals surface area contributed by atoms with E-state index in [2.05, 4.69) is 51.9 Å². The van der Waals surface area contributed by atoms with Gasteiger partial charge in [-0.15, -0.1) is 0 Å². The average Bonchev–Trinajstić information content (AvgIpc) is 2.35. The molecule has 0 aliphatic heterocycles. The quantitative estimate of drug-likeness (QED) is 0.749. The first-order chi connectivity index (χ1) is 8.85. The highest BCUT2D eigenvalue weighted by Gasteiger charge is 2.30. The minimum Gasteiger partial charge on any atom is -0.314 e. The van der Waals surface area contributed by atoms with E-state index in [1.54, 1.807) is 0 Å². The van der Waals surface area contributed by atoms with Gasteiger partial charge in [0.05, 0.1) is 0 Å². The van der Waals surface area contributed by atoms with Crippen LogP contribution in [0.1, 0.15) is 73.1 Å². The third kappa shape index (κ3) is 5.83. The van der Waals surface area contributed by atoms with Crippen LogP contribution in [0.25, 0.3) is 0 Å². The molecule has 1 rings (SSSR count). The monoisotopic (exact) mass is 268 g/mol. The molecule has 0 radical (unpaired) electrons. The lowest BCUT2D eigenvalue weighted by Gasteiger charge is -2.41. The molecule has 19 heavy (non-hydrogen) atoms. The van der Waals surface area contributed by atoms with Crippen molar-refractivity contribution in [1.29, 1.82) is 0 Å². The van der Waals surface area contributed by atoms with Crippen LogP contribution in [0.15, 0.2) is 0 Å². The van der Waals surface area contributed by atoms with Crippen LogP contribution in [0.4, 0.5) is 0 Å². The van der Waals surface area contributed by atoms with E-state index in [0.717, 1.165) is 12.6 Å². The predicted molar refractivity (Wildman–Crippen MR) is 85.6 cm³/mol. The summed E-state index contributed by atoms with van der Waals surface area (Å²) < 4.78 is 0. The second-order valence-corrected chi connectivity index (χ2v) is 7.50. The van der Waals surface area contributed by atoms with Crippen molar-refractivity contribution in [3.05, 3.63) is 0 Å². The molecule has 1 fully saturated rings. The van der Waals surface area contributed by atoms with Crippen LogP contribution >= 0.6 is 0 Å². The molecule has 0 heterocycles. The Morgan fingerprint density at radius 1 is 1.21 bits per heavy atom. The molecule has 1 aliphatic carbocycles. The maximum Gasteiger partial charge on any atom is 0.00954 e. The van der Waals surface area contributed by atoms with Crippen molar-refractivity contribution in [2.75, 3.05) is 13.6 Å². The summed E-state index contributed by atoms with van der Waals surface area (Å²) in [6.07, 6.45) is 8.02. The van der Waals surface area contributed by atoms with E-state index < -0.39 is 0 Å². The SMILES string of the molecule is CCCNC(C)CC(C)N(C)C1CCC(C)(C)CC1. The highest BCUT2D eigenvalue weighted by molar-refractivity contribution is 4.85. The highest BCUT2D eigenvalue weighted by Crippen LogP contribution is 2.37. The Balaban J connectivity index is 2.34. The largest absolute Gasteiger partial charge is 0.314 e. The third-order valence-corrected chi connectivity index (χ3v) is 5.02. The molecular formula is C17H36N2. The molecule has 0 aromatic carbocycles. The molecule has 0 aromatic rings. The first kappa shape index (κ1) is 17.0. The van der Waals surface area contributed by atoms with E-state index in [1.807, 2.05) is 0 Å². The van der Waals surface area contributed by atoms with E-state index in [-0.39, 0.29) is 0 Å². The minimum atomic E-state index is 0.580. The standard InChI is InChI=1S/C17H36N2/c1-7-12-18-14(2)13-15(3)19(6)16-8-10-17(4,5)11-9-16/h14-16,18H,7-13H2,1-6H3. The summed E-state index contributed by atoms with van der Waals surface area (Å²) in [7, 11) is 2.33. The molecule has 2 atom stereocenters. The molecule has 0 bridgehead atoms. The molecule has 0 amide bonds. The Bertz CT molecular complexity index is 240. The van der Waals surface area contributed by atoms with Gasteiger partial charge in [-0.2, -0.15) is 0 Å². The fourth-order valence-electron chi connectivity index (χ4n) is 3.30. The maximum atomic E-state index is 3.61. The Labute approximate surface area is 121 Å². The first-order valence-corrected chi connectivity index (χ1v) is 8.31. The van der Waals surface area contributed by atoms with Gasteiger partial charge in [0.2, 0.25) is 0 Å². The molecule has 0 saturated heterocycles. The van der Waals surface area contributed by atoms with Gasteiger partial charge in [0.25, 0.3) is 0 Å². The zero-order valence-electron chi connectivity index (χ0n) is 14.1. The third-order valence-electron chi connectivity index (χ3n) is 5.02. The Morgan fingerprint density at radius 2 is 1.79 bits per heavy atom. The fraction of sp³-hybridized carbons (Fsp3) is 1.00. The summed E-state index contributed by atoms with van der Waals surface area (Å²) in [5.41, 5.74) is 0.580. The Morgan fingerprint density at radius 3 is 2.32 bits per heavy atom. The molecule has 1 aliphatic rings. The zero-order chi connectivity index (χ0) is 14.5. The van der Waals surface area contributed by atoms with Crippen molar-refractivity contribution < 1.29 is 0 Å². The topological polar surface area (TPSA) is 15.3 Å². The molecule has 1 saturated carbocycles. The number of nitrogens with zero attached hydrogens (tertiary/aromatic N) is 1. The Kier molecular flexibility index (Phi) is 6.82. The van der Waals surface area contributed by atoms with Crippen LogP contribution < -0.4 is 5.32 Å². The molecule has 1 N–H and O–H groups in total. The molecule has 2 unspecified atom stereocenters. The summed E-state index contributed by atoms with van der Waals surface area (Å²) >= 11 is 0. The highest BCUT2D eigenvalue weighted by atomic mass is 15.2. The lowest BCUT2D eigenvalue weighted by molar-refractivity contribution is 0.0934. The fourth-order valence-corrected chi connectivity index (χ4v) is 3.30. The lowest BCUT2D eigenvalue weighted by Crippen LogP contribution is -2.44. The van der Waals surface area contributed by atoms with Crippen LogP contribution in [0.3, 0.4) is 0 Å². The maximum absolute atomic E-state index is 3.61. The minimum absolute atomic E-state index is 0.580. The van der Waals surface area contributed by atoms with Gasteiger partial charge in [-0.05, 0) is 71.4 Å². The first-order valence-electron chi connectivity index (χ1n) is 8.31. The van der Waals surface area contributed by atoms with E-state index in [1.165, 1.54) is 38.5 Å². The summed E-state index contributed by atoms with van der Waals surface area (Å²) in [5.74, 6) is 0. The van der Waals surface area contributed by atoms with Crippen molar-refractivity contribution in [1.82, 2.24) is 10.2 Å². The summed E-state index contributed by atoms with van der Waals surface area (Å²) in [6, 6.07) is 2.13. The van der Waals surface area contributed by atoms with Crippen LogP contribution in [0.5, 0.6) is 0 Å². The van der Waals surface area contributed by atoms with Crippen LogP contribution in [0.2, 0.25) is 0 Å². The van der Waals surface area contributed by atoms with Gasteiger partial charge >= 0.3 is 0 Å². The van der Waals surface area contributed by atoms with Gasteiger partial charge in [0.15, 0.2) is 0 Å². The number of rotatable bonds is 7. The zero-order valence-corrected chi connectivity index (χ0v) is 14.1. The van der Waals surface area contributed by atoms with E-state index in [4.69, 9.17) is 0 Å². The molecule has 114 valence electrons.